The van der Waals surface area contributed by atoms with E-state index in [0.717, 1.165) is 5.56 Å². The zero-order valence-electron chi connectivity index (χ0n) is 8.95. The van der Waals surface area contributed by atoms with Crippen molar-refractivity contribution in [3.63, 3.8) is 0 Å². The van der Waals surface area contributed by atoms with Gasteiger partial charge in [-0.25, -0.2) is 0 Å². The molecule has 16 heavy (non-hydrogen) atoms. The molecule has 1 aliphatic carbocycles. The molecule has 0 saturated heterocycles. The second kappa shape index (κ2) is 4.37. The molecule has 0 bridgehead atoms. The first-order valence-electron chi connectivity index (χ1n) is 5.42. The SMILES string of the molecule is OC1C=CCC(O)C1(O)Cc1ccccc1. The quantitative estimate of drug-likeness (QED) is 0.641. The summed E-state index contributed by atoms with van der Waals surface area (Å²) in [5.41, 5.74) is -0.575. The zero-order valence-corrected chi connectivity index (χ0v) is 8.95. The molecule has 3 atom stereocenters. The number of hydrogen-bond acceptors (Lipinski definition) is 3. The van der Waals surface area contributed by atoms with Gasteiger partial charge in [-0.05, 0) is 12.0 Å². The van der Waals surface area contributed by atoms with Gasteiger partial charge in [0.25, 0.3) is 0 Å². The maximum atomic E-state index is 10.3. The summed E-state index contributed by atoms with van der Waals surface area (Å²) in [4.78, 5) is 0. The third-order valence-electron chi connectivity index (χ3n) is 3.10. The molecule has 0 amide bonds. The summed E-state index contributed by atoms with van der Waals surface area (Å²) in [6.07, 6.45) is 1.91. The van der Waals surface area contributed by atoms with Crippen molar-refractivity contribution in [2.45, 2.75) is 30.7 Å². The van der Waals surface area contributed by atoms with E-state index >= 15 is 0 Å². The lowest BCUT2D eigenvalue weighted by molar-refractivity contribution is -0.133. The van der Waals surface area contributed by atoms with Gasteiger partial charge in [-0.2, -0.15) is 0 Å². The van der Waals surface area contributed by atoms with Crippen molar-refractivity contribution in [2.75, 3.05) is 0 Å². The summed E-state index contributed by atoms with van der Waals surface area (Å²) >= 11 is 0. The lowest BCUT2D eigenvalue weighted by atomic mass is 9.79. The average Bonchev–Trinajstić information content (AvgIpc) is 2.28. The van der Waals surface area contributed by atoms with E-state index < -0.39 is 17.8 Å². The zero-order chi connectivity index (χ0) is 11.6. The predicted octanol–water partition coefficient (Wildman–Crippen LogP) is 0.642. The molecule has 1 aliphatic rings. The fourth-order valence-corrected chi connectivity index (χ4v) is 2.05. The van der Waals surface area contributed by atoms with Crippen LogP contribution in [0.2, 0.25) is 0 Å². The van der Waals surface area contributed by atoms with Crippen molar-refractivity contribution in [2.24, 2.45) is 0 Å². The Labute approximate surface area is 94.7 Å². The largest absolute Gasteiger partial charge is 0.390 e. The lowest BCUT2D eigenvalue weighted by Crippen LogP contribution is -2.54. The molecule has 1 aromatic carbocycles. The molecule has 3 nitrogen and oxygen atoms in total. The van der Waals surface area contributed by atoms with Gasteiger partial charge in [0.15, 0.2) is 0 Å². The Morgan fingerprint density at radius 3 is 2.50 bits per heavy atom. The minimum atomic E-state index is -1.48. The second-order valence-electron chi connectivity index (χ2n) is 4.28. The first-order chi connectivity index (χ1) is 7.63. The molecule has 0 saturated carbocycles. The highest BCUT2D eigenvalue weighted by Gasteiger charge is 2.42. The van der Waals surface area contributed by atoms with Crippen LogP contribution in [-0.4, -0.2) is 33.1 Å². The van der Waals surface area contributed by atoms with Gasteiger partial charge in [0.2, 0.25) is 0 Å². The number of benzene rings is 1. The summed E-state index contributed by atoms with van der Waals surface area (Å²) in [5, 5.41) is 29.9. The second-order valence-corrected chi connectivity index (χ2v) is 4.28. The van der Waals surface area contributed by atoms with Gasteiger partial charge in [-0.15, -0.1) is 0 Å². The standard InChI is InChI=1S/C13H16O3/c14-11-7-4-8-12(15)13(11,16)9-10-5-2-1-3-6-10/h1-7,11-12,14-16H,8-9H2. The molecule has 0 fully saturated rings. The molecule has 3 N–H and O–H groups in total. The van der Waals surface area contributed by atoms with Gasteiger partial charge < -0.3 is 15.3 Å². The Kier molecular flexibility index (Phi) is 3.10. The third-order valence-corrected chi connectivity index (χ3v) is 3.10. The maximum Gasteiger partial charge on any atom is 0.124 e. The average molecular weight is 220 g/mol. The normalized spacial score (nSPS) is 33.9. The number of rotatable bonds is 2. The Hall–Kier alpha value is -1.16. The van der Waals surface area contributed by atoms with Crippen LogP contribution in [0.15, 0.2) is 42.5 Å². The summed E-state index contributed by atoms with van der Waals surface area (Å²) < 4.78 is 0. The van der Waals surface area contributed by atoms with E-state index in [1.54, 1.807) is 6.08 Å². The molecule has 0 aliphatic heterocycles. The van der Waals surface area contributed by atoms with Crippen LogP contribution in [0.3, 0.4) is 0 Å². The molecular weight excluding hydrogens is 204 g/mol. The molecule has 3 unspecified atom stereocenters. The van der Waals surface area contributed by atoms with Crippen LogP contribution < -0.4 is 0 Å². The van der Waals surface area contributed by atoms with Crippen LogP contribution in [0.5, 0.6) is 0 Å². The molecule has 86 valence electrons. The third kappa shape index (κ3) is 2.02. The van der Waals surface area contributed by atoms with Crippen molar-refractivity contribution in [3.05, 3.63) is 48.0 Å². The van der Waals surface area contributed by atoms with E-state index in [0.29, 0.717) is 6.42 Å². The number of hydrogen-bond donors (Lipinski definition) is 3. The molecule has 0 aromatic heterocycles. The van der Waals surface area contributed by atoms with Gasteiger partial charge in [0, 0.05) is 6.42 Å². The van der Waals surface area contributed by atoms with Gasteiger partial charge in [0.05, 0.1) is 6.10 Å². The molecule has 0 radical (unpaired) electrons. The van der Waals surface area contributed by atoms with Crippen molar-refractivity contribution in [3.8, 4) is 0 Å². The number of aliphatic hydroxyl groups is 3. The van der Waals surface area contributed by atoms with Crippen LogP contribution in [0.25, 0.3) is 0 Å². The highest BCUT2D eigenvalue weighted by Crippen LogP contribution is 2.28. The Morgan fingerprint density at radius 2 is 1.88 bits per heavy atom. The van der Waals surface area contributed by atoms with Crippen molar-refractivity contribution >= 4 is 0 Å². The summed E-state index contributed by atoms with van der Waals surface area (Å²) in [7, 11) is 0. The maximum absolute atomic E-state index is 10.3. The molecule has 1 aromatic rings. The summed E-state index contributed by atoms with van der Waals surface area (Å²) in [6.45, 7) is 0. The van der Waals surface area contributed by atoms with Crippen LogP contribution in [0.1, 0.15) is 12.0 Å². The molecule has 3 heteroatoms. The first-order valence-corrected chi connectivity index (χ1v) is 5.42. The Morgan fingerprint density at radius 1 is 1.19 bits per heavy atom. The number of aliphatic hydroxyl groups excluding tert-OH is 2. The Bertz CT molecular complexity index is 374. The van der Waals surface area contributed by atoms with Crippen molar-refractivity contribution in [1.29, 1.82) is 0 Å². The van der Waals surface area contributed by atoms with Gasteiger partial charge in [-0.3, -0.25) is 0 Å². The molecular formula is C13H16O3. The fraction of sp³-hybridized carbons (Fsp3) is 0.385. The molecule has 0 heterocycles. The predicted molar refractivity (Wildman–Crippen MR) is 60.9 cm³/mol. The van der Waals surface area contributed by atoms with Gasteiger partial charge >= 0.3 is 0 Å². The summed E-state index contributed by atoms with van der Waals surface area (Å²) in [5.74, 6) is 0. The molecule has 0 spiro atoms. The van der Waals surface area contributed by atoms with E-state index in [1.165, 1.54) is 6.08 Å². The first kappa shape index (κ1) is 11.3. The highest BCUT2D eigenvalue weighted by molar-refractivity contribution is 5.21. The molecule has 2 rings (SSSR count). The van der Waals surface area contributed by atoms with Crippen LogP contribution in [0, 0.1) is 0 Å². The van der Waals surface area contributed by atoms with Crippen molar-refractivity contribution < 1.29 is 15.3 Å². The van der Waals surface area contributed by atoms with E-state index in [4.69, 9.17) is 0 Å². The van der Waals surface area contributed by atoms with Crippen LogP contribution >= 0.6 is 0 Å². The van der Waals surface area contributed by atoms with E-state index in [1.807, 2.05) is 30.3 Å². The van der Waals surface area contributed by atoms with Crippen molar-refractivity contribution in [1.82, 2.24) is 0 Å². The van der Waals surface area contributed by atoms with E-state index in [-0.39, 0.29) is 6.42 Å². The van der Waals surface area contributed by atoms with Crippen LogP contribution in [-0.2, 0) is 6.42 Å². The van der Waals surface area contributed by atoms with Gasteiger partial charge in [0.1, 0.15) is 11.7 Å². The Balaban J connectivity index is 2.21. The highest BCUT2D eigenvalue weighted by atomic mass is 16.4. The monoisotopic (exact) mass is 220 g/mol. The van der Waals surface area contributed by atoms with Gasteiger partial charge in [-0.1, -0.05) is 42.5 Å². The van der Waals surface area contributed by atoms with Crippen LogP contribution in [0.4, 0.5) is 0 Å². The topological polar surface area (TPSA) is 60.7 Å². The minimum Gasteiger partial charge on any atom is -0.390 e. The smallest absolute Gasteiger partial charge is 0.124 e. The summed E-state index contributed by atoms with van der Waals surface area (Å²) in [6, 6.07) is 9.37. The fourth-order valence-electron chi connectivity index (χ4n) is 2.05. The van der Waals surface area contributed by atoms with E-state index in [9.17, 15) is 15.3 Å². The minimum absolute atomic E-state index is 0.251. The lowest BCUT2D eigenvalue weighted by Gasteiger charge is -2.38. The van der Waals surface area contributed by atoms with E-state index in [2.05, 4.69) is 0 Å².